The van der Waals surface area contributed by atoms with E-state index in [4.69, 9.17) is 0 Å². The van der Waals surface area contributed by atoms with Gasteiger partial charge in [0.15, 0.2) is 0 Å². The molecule has 1 N–H and O–H groups in total. The number of amides is 2. The molecule has 1 aromatic rings. The summed E-state index contributed by atoms with van der Waals surface area (Å²) in [5.74, 6) is -3.07. The summed E-state index contributed by atoms with van der Waals surface area (Å²) < 4.78 is 26.4. The van der Waals surface area contributed by atoms with Gasteiger partial charge in [-0.05, 0) is 5.56 Å². The van der Waals surface area contributed by atoms with E-state index in [0.717, 1.165) is 5.56 Å². The van der Waals surface area contributed by atoms with Crippen molar-refractivity contribution in [1.82, 2.24) is 15.1 Å². The molecule has 7 heteroatoms. The maximum absolute atomic E-state index is 13.2. The Morgan fingerprint density at radius 2 is 1.71 bits per heavy atom. The van der Waals surface area contributed by atoms with E-state index in [-0.39, 0.29) is 11.8 Å². The van der Waals surface area contributed by atoms with E-state index in [2.05, 4.69) is 5.32 Å². The summed E-state index contributed by atoms with van der Waals surface area (Å²) in [5.41, 5.74) is 0.957. The highest BCUT2D eigenvalue weighted by atomic mass is 19.3. The summed E-state index contributed by atoms with van der Waals surface area (Å²) in [7, 11) is 0. The molecule has 3 rings (SSSR count). The average Bonchev–Trinajstić information content (AvgIpc) is 2.95. The minimum atomic E-state index is -2.81. The van der Waals surface area contributed by atoms with Crippen LogP contribution in [-0.2, 0) is 16.0 Å². The number of benzene rings is 1. The molecule has 2 saturated heterocycles. The minimum Gasteiger partial charge on any atom is -0.339 e. The van der Waals surface area contributed by atoms with Gasteiger partial charge in [-0.3, -0.25) is 14.9 Å². The van der Waals surface area contributed by atoms with Gasteiger partial charge >= 0.3 is 0 Å². The molecule has 5 nitrogen and oxygen atoms in total. The quantitative estimate of drug-likeness (QED) is 0.892. The Labute approximate surface area is 139 Å². The molecule has 1 atom stereocenters. The molecule has 2 fully saturated rings. The molecule has 1 unspecified atom stereocenters. The van der Waals surface area contributed by atoms with Crippen LogP contribution in [0, 0.1) is 0 Å². The summed E-state index contributed by atoms with van der Waals surface area (Å²) in [6, 6.07) is 8.69. The Hall–Kier alpha value is -2.02. The Bertz CT molecular complexity index is 601. The lowest BCUT2D eigenvalue weighted by Crippen LogP contribution is -2.54. The summed E-state index contributed by atoms with van der Waals surface area (Å²) >= 11 is 0. The second kappa shape index (κ2) is 6.84. The third-order valence-electron chi connectivity index (χ3n) is 4.55. The zero-order valence-electron chi connectivity index (χ0n) is 13.4. The monoisotopic (exact) mass is 337 g/mol. The first-order valence-corrected chi connectivity index (χ1v) is 8.16. The van der Waals surface area contributed by atoms with Crippen LogP contribution in [0.5, 0.6) is 0 Å². The lowest BCUT2D eigenvalue weighted by Gasteiger charge is -2.36. The topological polar surface area (TPSA) is 52.7 Å². The van der Waals surface area contributed by atoms with Crippen molar-refractivity contribution in [1.29, 1.82) is 0 Å². The van der Waals surface area contributed by atoms with Crippen molar-refractivity contribution in [2.24, 2.45) is 0 Å². The molecule has 2 amide bonds. The lowest BCUT2D eigenvalue weighted by atomic mass is 10.1. The number of alkyl halides is 2. The first-order valence-electron chi connectivity index (χ1n) is 8.16. The fourth-order valence-corrected chi connectivity index (χ4v) is 3.17. The number of halogens is 2. The second-order valence-corrected chi connectivity index (χ2v) is 6.36. The van der Waals surface area contributed by atoms with Gasteiger partial charge in [0.2, 0.25) is 11.8 Å². The molecule has 0 spiro atoms. The zero-order chi connectivity index (χ0) is 17.2. The van der Waals surface area contributed by atoms with Gasteiger partial charge in [0.25, 0.3) is 5.92 Å². The molecular weight excluding hydrogens is 316 g/mol. The van der Waals surface area contributed by atoms with Crippen molar-refractivity contribution in [2.75, 3.05) is 32.7 Å². The first kappa shape index (κ1) is 16.8. The Kier molecular flexibility index (Phi) is 4.80. The average molecular weight is 337 g/mol. The largest absolute Gasteiger partial charge is 0.339 e. The molecular formula is C17H21F2N3O2. The van der Waals surface area contributed by atoms with Gasteiger partial charge in [0.05, 0.1) is 19.0 Å². The van der Waals surface area contributed by atoms with E-state index in [0.29, 0.717) is 32.6 Å². The molecule has 2 aliphatic rings. The molecule has 2 heterocycles. The first-order chi connectivity index (χ1) is 11.4. The van der Waals surface area contributed by atoms with Crippen LogP contribution in [0.15, 0.2) is 30.3 Å². The normalized spacial score (nSPS) is 23.3. The Morgan fingerprint density at radius 1 is 1.08 bits per heavy atom. The molecule has 1 aromatic carbocycles. The van der Waals surface area contributed by atoms with Crippen LogP contribution in [0.4, 0.5) is 8.78 Å². The fourth-order valence-electron chi connectivity index (χ4n) is 3.17. The molecule has 0 aromatic heterocycles. The van der Waals surface area contributed by atoms with E-state index in [1.807, 2.05) is 30.3 Å². The van der Waals surface area contributed by atoms with Crippen LogP contribution in [0.3, 0.4) is 0 Å². The maximum atomic E-state index is 13.2. The van der Waals surface area contributed by atoms with E-state index in [9.17, 15) is 18.4 Å². The van der Waals surface area contributed by atoms with Gasteiger partial charge in [-0.2, -0.15) is 0 Å². The van der Waals surface area contributed by atoms with Crippen LogP contribution in [0.2, 0.25) is 0 Å². The van der Waals surface area contributed by atoms with Gasteiger partial charge in [-0.15, -0.1) is 0 Å². The third-order valence-corrected chi connectivity index (χ3v) is 4.55. The number of nitrogens with one attached hydrogen (secondary N) is 1. The highest BCUT2D eigenvalue weighted by molar-refractivity contribution is 5.83. The van der Waals surface area contributed by atoms with E-state index in [1.54, 1.807) is 9.80 Å². The van der Waals surface area contributed by atoms with Crippen LogP contribution in [0.1, 0.15) is 12.0 Å². The standard InChI is InChI=1S/C17H21F2N3O2/c18-17(19)11-14(20-12-17)16(24)22-8-6-21(7-9-22)15(23)10-13-4-2-1-3-5-13/h1-5,14,20H,6-12H2. The number of carbonyl (C=O) groups is 2. The van der Waals surface area contributed by atoms with E-state index >= 15 is 0 Å². The summed E-state index contributed by atoms with van der Waals surface area (Å²) in [4.78, 5) is 27.9. The highest BCUT2D eigenvalue weighted by Gasteiger charge is 2.43. The molecule has 0 bridgehead atoms. The number of rotatable bonds is 3. The van der Waals surface area contributed by atoms with Crippen molar-refractivity contribution in [3.8, 4) is 0 Å². The van der Waals surface area contributed by atoms with Crippen molar-refractivity contribution < 1.29 is 18.4 Å². The summed E-state index contributed by atoms with van der Waals surface area (Å²) in [6.07, 6.45) is -0.107. The number of piperazine rings is 1. The van der Waals surface area contributed by atoms with E-state index < -0.39 is 24.9 Å². The van der Waals surface area contributed by atoms with Crippen molar-refractivity contribution in [2.45, 2.75) is 24.8 Å². The van der Waals surface area contributed by atoms with Gasteiger partial charge in [-0.1, -0.05) is 30.3 Å². The van der Waals surface area contributed by atoms with Crippen LogP contribution >= 0.6 is 0 Å². The predicted molar refractivity (Wildman–Crippen MR) is 84.7 cm³/mol. The second-order valence-electron chi connectivity index (χ2n) is 6.36. The lowest BCUT2D eigenvalue weighted by molar-refractivity contribution is -0.140. The van der Waals surface area contributed by atoms with Crippen molar-refractivity contribution in [3.63, 3.8) is 0 Å². The van der Waals surface area contributed by atoms with Crippen LogP contribution < -0.4 is 5.32 Å². The molecule has 0 radical (unpaired) electrons. The molecule has 130 valence electrons. The third kappa shape index (κ3) is 3.90. The van der Waals surface area contributed by atoms with Gasteiger partial charge < -0.3 is 9.80 Å². The molecule has 24 heavy (non-hydrogen) atoms. The van der Waals surface area contributed by atoms with Crippen molar-refractivity contribution in [3.05, 3.63) is 35.9 Å². The Morgan fingerprint density at radius 3 is 2.29 bits per heavy atom. The summed E-state index contributed by atoms with van der Waals surface area (Å²) in [5, 5.41) is 2.59. The summed E-state index contributed by atoms with van der Waals surface area (Å²) in [6.45, 7) is 1.23. The van der Waals surface area contributed by atoms with Gasteiger partial charge in [0.1, 0.15) is 0 Å². The Balaban J connectivity index is 1.49. The number of nitrogens with zero attached hydrogens (tertiary/aromatic N) is 2. The SMILES string of the molecule is O=C(Cc1ccccc1)N1CCN(C(=O)C2CC(F)(F)CN2)CC1. The molecule has 0 aliphatic carbocycles. The fraction of sp³-hybridized carbons (Fsp3) is 0.529. The minimum absolute atomic E-state index is 0.0267. The van der Waals surface area contributed by atoms with Gasteiger partial charge in [-0.25, -0.2) is 8.78 Å². The number of carbonyl (C=O) groups excluding carboxylic acids is 2. The van der Waals surface area contributed by atoms with Crippen LogP contribution in [0.25, 0.3) is 0 Å². The zero-order valence-corrected chi connectivity index (χ0v) is 13.4. The number of hydrogen-bond donors (Lipinski definition) is 1. The van der Waals surface area contributed by atoms with Crippen molar-refractivity contribution >= 4 is 11.8 Å². The molecule has 2 aliphatic heterocycles. The number of hydrogen-bond acceptors (Lipinski definition) is 3. The smallest absolute Gasteiger partial charge is 0.262 e. The maximum Gasteiger partial charge on any atom is 0.262 e. The molecule has 0 saturated carbocycles. The predicted octanol–water partition coefficient (Wildman–Crippen LogP) is 0.897. The highest BCUT2D eigenvalue weighted by Crippen LogP contribution is 2.26. The van der Waals surface area contributed by atoms with Gasteiger partial charge in [0, 0.05) is 32.6 Å². The van der Waals surface area contributed by atoms with E-state index in [1.165, 1.54) is 0 Å². The van der Waals surface area contributed by atoms with Crippen LogP contribution in [-0.4, -0.2) is 66.3 Å².